The molecule has 1 aliphatic rings. The van der Waals surface area contributed by atoms with Crippen LogP contribution in [0.1, 0.15) is 36.5 Å². The molecule has 1 aromatic rings. The van der Waals surface area contributed by atoms with Gasteiger partial charge in [-0.05, 0) is 37.5 Å². The van der Waals surface area contributed by atoms with E-state index in [0.29, 0.717) is 25.8 Å². The first-order chi connectivity index (χ1) is 11.3. The van der Waals surface area contributed by atoms with Gasteiger partial charge in [-0.2, -0.15) is 4.31 Å². The third-order valence-electron chi connectivity index (χ3n) is 3.83. The summed E-state index contributed by atoms with van der Waals surface area (Å²) in [6.07, 6.45) is 1.47. The SMILES string of the molecule is CCCS(=O)(=O)N1CCCC1C(=O)Nc1ccc(F)c(C(N)=O)c1. The molecule has 7 nitrogen and oxygen atoms in total. The van der Waals surface area contributed by atoms with Crippen LogP contribution < -0.4 is 11.1 Å². The number of nitrogens with zero attached hydrogens (tertiary/aromatic N) is 1. The van der Waals surface area contributed by atoms with Crippen LogP contribution in [0.15, 0.2) is 18.2 Å². The number of amides is 2. The van der Waals surface area contributed by atoms with Gasteiger partial charge in [0.1, 0.15) is 11.9 Å². The average Bonchev–Trinajstić information content (AvgIpc) is 2.99. The predicted molar refractivity (Wildman–Crippen MR) is 87.4 cm³/mol. The Morgan fingerprint density at radius 2 is 2.12 bits per heavy atom. The van der Waals surface area contributed by atoms with Crippen LogP contribution in [0, 0.1) is 5.82 Å². The molecule has 132 valence electrons. The van der Waals surface area contributed by atoms with Crippen LogP contribution >= 0.6 is 0 Å². The first-order valence-corrected chi connectivity index (χ1v) is 9.27. The van der Waals surface area contributed by atoms with Crippen molar-refractivity contribution in [3.05, 3.63) is 29.6 Å². The summed E-state index contributed by atoms with van der Waals surface area (Å²) in [6.45, 7) is 2.06. The third-order valence-corrected chi connectivity index (χ3v) is 5.90. The lowest BCUT2D eigenvalue weighted by atomic mass is 10.1. The predicted octanol–water partition coefficient (Wildman–Crippen LogP) is 1.07. The van der Waals surface area contributed by atoms with Crippen molar-refractivity contribution in [2.75, 3.05) is 17.6 Å². The first-order valence-electron chi connectivity index (χ1n) is 7.66. The summed E-state index contributed by atoms with van der Waals surface area (Å²) in [7, 11) is -3.49. The number of hydrogen-bond donors (Lipinski definition) is 2. The van der Waals surface area contributed by atoms with E-state index < -0.39 is 33.7 Å². The largest absolute Gasteiger partial charge is 0.366 e. The zero-order chi connectivity index (χ0) is 17.9. The Bertz CT molecular complexity index is 751. The lowest BCUT2D eigenvalue weighted by Gasteiger charge is -2.23. The average molecular weight is 357 g/mol. The van der Waals surface area contributed by atoms with Crippen molar-refractivity contribution in [1.82, 2.24) is 4.31 Å². The number of sulfonamides is 1. The van der Waals surface area contributed by atoms with E-state index in [-0.39, 0.29) is 17.0 Å². The molecule has 0 aromatic heterocycles. The van der Waals surface area contributed by atoms with Crippen molar-refractivity contribution >= 4 is 27.5 Å². The highest BCUT2D eigenvalue weighted by Crippen LogP contribution is 2.24. The number of hydrogen-bond acceptors (Lipinski definition) is 4. The van der Waals surface area contributed by atoms with E-state index in [1.54, 1.807) is 6.92 Å². The Kier molecular flexibility index (Phi) is 5.55. The molecule has 1 heterocycles. The van der Waals surface area contributed by atoms with Gasteiger partial charge in [-0.15, -0.1) is 0 Å². The van der Waals surface area contributed by atoms with Crippen LogP contribution in [-0.2, 0) is 14.8 Å². The Balaban J connectivity index is 2.17. The molecule has 2 rings (SSSR count). The van der Waals surface area contributed by atoms with Gasteiger partial charge in [-0.3, -0.25) is 9.59 Å². The number of nitrogens with two attached hydrogens (primary N) is 1. The van der Waals surface area contributed by atoms with Gasteiger partial charge in [0.2, 0.25) is 15.9 Å². The fourth-order valence-electron chi connectivity index (χ4n) is 2.73. The summed E-state index contributed by atoms with van der Waals surface area (Å²) in [6, 6.07) is 2.65. The molecule has 1 saturated heterocycles. The molecule has 0 aliphatic carbocycles. The topological polar surface area (TPSA) is 110 Å². The van der Waals surface area contributed by atoms with E-state index in [1.807, 2.05) is 0 Å². The number of primary amides is 1. The maximum Gasteiger partial charge on any atom is 0.251 e. The van der Waals surface area contributed by atoms with E-state index in [4.69, 9.17) is 5.73 Å². The second-order valence-corrected chi connectivity index (χ2v) is 7.67. The van der Waals surface area contributed by atoms with Crippen LogP contribution in [-0.4, -0.2) is 42.9 Å². The minimum Gasteiger partial charge on any atom is -0.366 e. The summed E-state index contributed by atoms with van der Waals surface area (Å²) in [5.41, 5.74) is 4.92. The van der Waals surface area contributed by atoms with Crippen molar-refractivity contribution in [1.29, 1.82) is 0 Å². The van der Waals surface area contributed by atoms with Gasteiger partial charge >= 0.3 is 0 Å². The molecule has 3 N–H and O–H groups in total. The third kappa shape index (κ3) is 3.90. The summed E-state index contributed by atoms with van der Waals surface area (Å²) in [4.78, 5) is 23.6. The molecule has 2 amide bonds. The van der Waals surface area contributed by atoms with Gasteiger partial charge < -0.3 is 11.1 Å². The standard InChI is InChI=1S/C15H20FN3O4S/c1-2-8-24(22,23)19-7-3-4-13(19)15(21)18-10-5-6-12(16)11(9-10)14(17)20/h5-6,9,13H,2-4,7-8H2,1H3,(H2,17,20)(H,18,21). The van der Waals surface area contributed by atoms with Crippen molar-refractivity contribution in [3.63, 3.8) is 0 Å². The molecular formula is C15H20FN3O4S. The number of carbonyl (C=O) groups excluding carboxylic acids is 2. The van der Waals surface area contributed by atoms with Crippen molar-refractivity contribution in [2.45, 2.75) is 32.2 Å². The quantitative estimate of drug-likeness (QED) is 0.793. The Hall–Kier alpha value is -2.00. The normalized spacial score (nSPS) is 18.5. The van der Waals surface area contributed by atoms with Crippen LogP contribution in [0.25, 0.3) is 0 Å². The number of halogens is 1. The van der Waals surface area contributed by atoms with Crippen LogP contribution in [0.5, 0.6) is 0 Å². The molecule has 0 saturated carbocycles. The zero-order valence-electron chi connectivity index (χ0n) is 13.3. The lowest BCUT2D eigenvalue weighted by molar-refractivity contribution is -0.119. The molecule has 0 bridgehead atoms. The maximum atomic E-state index is 13.5. The molecule has 1 fully saturated rings. The van der Waals surface area contributed by atoms with E-state index in [2.05, 4.69) is 5.32 Å². The summed E-state index contributed by atoms with van der Waals surface area (Å²) in [5, 5.41) is 2.53. The summed E-state index contributed by atoms with van der Waals surface area (Å²) < 4.78 is 39.1. The summed E-state index contributed by atoms with van der Waals surface area (Å²) >= 11 is 0. The number of nitrogens with one attached hydrogen (secondary N) is 1. The number of benzene rings is 1. The Morgan fingerprint density at radius 3 is 2.75 bits per heavy atom. The molecule has 1 unspecified atom stereocenters. The molecule has 9 heteroatoms. The fourth-order valence-corrected chi connectivity index (χ4v) is 4.47. The van der Waals surface area contributed by atoms with Gasteiger partial charge in [0, 0.05) is 12.2 Å². The highest BCUT2D eigenvalue weighted by molar-refractivity contribution is 7.89. The maximum absolute atomic E-state index is 13.5. The first kappa shape index (κ1) is 18.3. The molecule has 0 radical (unpaired) electrons. The molecule has 1 aliphatic heterocycles. The number of rotatable bonds is 6. The molecule has 1 atom stereocenters. The fraction of sp³-hybridized carbons (Fsp3) is 0.467. The molecule has 1 aromatic carbocycles. The van der Waals surface area contributed by atoms with Crippen molar-refractivity contribution in [3.8, 4) is 0 Å². The smallest absolute Gasteiger partial charge is 0.251 e. The van der Waals surface area contributed by atoms with Gasteiger partial charge in [0.25, 0.3) is 5.91 Å². The lowest BCUT2D eigenvalue weighted by Crippen LogP contribution is -2.44. The van der Waals surface area contributed by atoms with E-state index in [0.717, 1.165) is 12.1 Å². The van der Waals surface area contributed by atoms with Crippen molar-refractivity contribution < 1.29 is 22.4 Å². The molecular weight excluding hydrogens is 337 g/mol. The van der Waals surface area contributed by atoms with Gasteiger partial charge in [0.15, 0.2) is 0 Å². The highest BCUT2D eigenvalue weighted by Gasteiger charge is 2.38. The van der Waals surface area contributed by atoms with Crippen LogP contribution in [0.2, 0.25) is 0 Å². The zero-order valence-corrected chi connectivity index (χ0v) is 14.1. The minimum absolute atomic E-state index is 0.0147. The van der Waals surface area contributed by atoms with Crippen molar-refractivity contribution in [2.24, 2.45) is 5.73 Å². The van der Waals surface area contributed by atoms with Crippen LogP contribution in [0.3, 0.4) is 0 Å². The monoisotopic (exact) mass is 357 g/mol. The second-order valence-electron chi connectivity index (χ2n) is 5.63. The van der Waals surface area contributed by atoms with E-state index in [9.17, 15) is 22.4 Å². The molecule has 24 heavy (non-hydrogen) atoms. The Labute approximate surface area is 140 Å². The number of carbonyl (C=O) groups is 2. The number of anilines is 1. The van der Waals surface area contributed by atoms with Gasteiger partial charge in [-0.25, -0.2) is 12.8 Å². The summed E-state index contributed by atoms with van der Waals surface area (Å²) in [5.74, 6) is -2.25. The second kappa shape index (κ2) is 7.27. The van der Waals surface area contributed by atoms with Gasteiger partial charge in [-0.1, -0.05) is 6.92 Å². The van der Waals surface area contributed by atoms with E-state index >= 15 is 0 Å². The molecule has 0 spiro atoms. The van der Waals surface area contributed by atoms with Gasteiger partial charge in [0.05, 0.1) is 11.3 Å². The Morgan fingerprint density at radius 1 is 1.42 bits per heavy atom. The minimum atomic E-state index is -3.49. The van der Waals surface area contributed by atoms with Crippen LogP contribution in [0.4, 0.5) is 10.1 Å². The highest BCUT2D eigenvalue weighted by atomic mass is 32.2. The van der Waals surface area contributed by atoms with E-state index in [1.165, 1.54) is 10.4 Å².